The highest BCUT2D eigenvalue weighted by molar-refractivity contribution is 8.07. The fourth-order valence-corrected chi connectivity index (χ4v) is 3.91. The molecule has 2 aromatic carbocycles. The van der Waals surface area contributed by atoms with Gasteiger partial charge in [0, 0.05) is 11.8 Å². The molecule has 2 rings (SSSR count). The van der Waals surface area contributed by atoms with Gasteiger partial charge in [0.1, 0.15) is 11.5 Å². The third kappa shape index (κ3) is 5.13. The van der Waals surface area contributed by atoms with E-state index in [0.29, 0.717) is 18.1 Å². The summed E-state index contributed by atoms with van der Waals surface area (Å²) < 4.78 is 17.6. The van der Waals surface area contributed by atoms with E-state index in [1.54, 1.807) is 0 Å². The molecule has 0 radical (unpaired) electrons. The Labute approximate surface area is 137 Å². The van der Waals surface area contributed by atoms with Crippen LogP contribution in [0.2, 0.25) is 0 Å². The lowest BCUT2D eigenvalue weighted by atomic mass is 10.2. The van der Waals surface area contributed by atoms with Crippen molar-refractivity contribution in [3.05, 3.63) is 59.7 Å². The molecule has 0 fully saturated rings. The van der Waals surface area contributed by atoms with E-state index >= 15 is 0 Å². The van der Waals surface area contributed by atoms with Crippen molar-refractivity contribution in [2.75, 3.05) is 6.61 Å². The predicted molar refractivity (Wildman–Crippen MR) is 94.1 cm³/mol. The van der Waals surface area contributed by atoms with Crippen molar-refractivity contribution >= 4 is 18.5 Å². The van der Waals surface area contributed by atoms with Gasteiger partial charge < -0.3 is 9.05 Å². The molecule has 0 N–H and O–H groups in total. The first kappa shape index (κ1) is 17.0. The molecule has 2 aromatic rings. The standard InChI is InChI=1S/C17H21O3PS/c1-4-11-18-21(22,19-16-9-5-7-14(2)12-16)20-17-10-6-8-15(3)13-17/h5-10,12-13H,4,11H2,1-3H3. The SMILES string of the molecule is CCCOP(=S)(Oc1cccc(C)c1)Oc1cccc(C)c1. The first-order valence-electron chi connectivity index (χ1n) is 7.28. The number of aryl methyl sites for hydroxylation is 2. The Hall–Kier alpha value is -1.35. The maximum Gasteiger partial charge on any atom is 0.434 e. The largest absolute Gasteiger partial charge is 0.434 e. The van der Waals surface area contributed by atoms with E-state index in [0.717, 1.165) is 17.5 Å². The third-order valence-electron chi connectivity index (χ3n) is 2.87. The van der Waals surface area contributed by atoms with Crippen LogP contribution in [0.4, 0.5) is 0 Å². The van der Waals surface area contributed by atoms with E-state index in [2.05, 4.69) is 0 Å². The van der Waals surface area contributed by atoms with E-state index in [-0.39, 0.29) is 0 Å². The highest BCUT2D eigenvalue weighted by Crippen LogP contribution is 2.50. The second-order valence-electron chi connectivity index (χ2n) is 5.10. The van der Waals surface area contributed by atoms with Crippen molar-refractivity contribution in [1.29, 1.82) is 0 Å². The second kappa shape index (κ2) is 7.77. The van der Waals surface area contributed by atoms with Crippen LogP contribution in [0.5, 0.6) is 11.5 Å². The van der Waals surface area contributed by atoms with Crippen LogP contribution in [-0.4, -0.2) is 6.61 Å². The summed E-state index contributed by atoms with van der Waals surface area (Å²) in [7, 11) is 0. The van der Waals surface area contributed by atoms with E-state index in [1.165, 1.54) is 0 Å². The monoisotopic (exact) mass is 336 g/mol. The highest BCUT2D eigenvalue weighted by Gasteiger charge is 2.24. The Kier molecular flexibility index (Phi) is 6.01. The lowest BCUT2D eigenvalue weighted by Gasteiger charge is -2.23. The van der Waals surface area contributed by atoms with Gasteiger partial charge in [-0.15, -0.1) is 0 Å². The molecule has 0 saturated heterocycles. The quantitative estimate of drug-likeness (QED) is 0.632. The number of hydrogen-bond acceptors (Lipinski definition) is 4. The molecule has 0 aliphatic rings. The van der Waals surface area contributed by atoms with Gasteiger partial charge >= 0.3 is 6.72 Å². The summed E-state index contributed by atoms with van der Waals surface area (Å²) in [6, 6.07) is 15.4. The van der Waals surface area contributed by atoms with Gasteiger partial charge in [0.25, 0.3) is 0 Å². The zero-order chi connectivity index (χ0) is 16.0. The minimum atomic E-state index is -2.89. The fraction of sp³-hybridized carbons (Fsp3) is 0.294. The number of benzene rings is 2. The first-order valence-corrected chi connectivity index (χ1v) is 9.83. The summed E-state index contributed by atoms with van der Waals surface area (Å²) in [6.07, 6.45) is 0.854. The zero-order valence-corrected chi connectivity index (χ0v) is 14.8. The van der Waals surface area contributed by atoms with Crippen molar-refractivity contribution in [2.24, 2.45) is 0 Å². The van der Waals surface area contributed by atoms with Gasteiger partial charge in [-0.1, -0.05) is 31.2 Å². The van der Waals surface area contributed by atoms with Crippen LogP contribution < -0.4 is 9.05 Å². The van der Waals surface area contributed by atoms with Gasteiger partial charge in [-0.2, -0.15) is 0 Å². The average Bonchev–Trinajstić information content (AvgIpc) is 2.45. The topological polar surface area (TPSA) is 27.7 Å². The molecule has 3 nitrogen and oxygen atoms in total. The molecule has 5 heteroatoms. The van der Waals surface area contributed by atoms with E-state index < -0.39 is 6.72 Å². The summed E-state index contributed by atoms with van der Waals surface area (Å²) in [6.45, 7) is 3.66. The maximum atomic E-state index is 5.91. The summed E-state index contributed by atoms with van der Waals surface area (Å²) in [5, 5.41) is 0. The van der Waals surface area contributed by atoms with Crippen LogP contribution in [0.3, 0.4) is 0 Å². The second-order valence-corrected chi connectivity index (χ2v) is 7.96. The minimum Gasteiger partial charge on any atom is -0.416 e. The van der Waals surface area contributed by atoms with E-state index in [1.807, 2.05) is 69.3 Å². The summed E-state index contributed by atoms with van der Waals surface area (Å²) in [5.41, 5.74) is 2.20. The molecule has 0 bridgehead atoms. The molecule has 118 valence electrons. The van der Waals surface area contributed by atoms with Gasteiger partial charge in [-0.3, -0.25) is 4.52 Å². The Balaban J connectivity index is 2.21. The normalized spacial score (nSPS) is 11.2. The van der Waals surface area contributed by atoms with Crippen LogP contribution in [-0.2, 0) is 16.3 Å². The van der Waals surface area contributed by atoms with Crippen LogP contribution in [0, 0.1) is 13.8 Å². The smallest absolute Gasteiger partial charge is 0.416 e. The number of hydrogen-bond donors (Lipinski definition) is 0. The molecule has 0 saturated carbocycles. The van der Waals surface area contributed by atoms with E-state index in [9.17, 15) is 0 Å². The molecule has 0 aliphatic heterocycles. The zero-order valence-electron chi connectivity index (χ0n) is 13.1. The lowest BCUT2D eigenvalue weighted by Crippen LogP contribution is -2.05. The Morgan fingerprint density at radius 2 is 1.41 bits per heavy atom. The molecule has 22 heavy (non-hydrogen) atoms. The first-order chi connectivity index (χ1) is 10.5. The molecular weight excluding hydrogens is 315 g/mol. The minimum absolute atomic E-state index is 0.509. The van der Waals surface area contributed by atoms with Crippen molar-refractivity contribution in [1.82, 2.24) is 0 Å². The van der Waals surface area contributed by atoms with Crippen molar-refractivity contribution in [2.45, 2.75) is 27.2 Å². The van der Waals surface area contributed by atoms with Crippen molar-refractivity contribution in [3.63, 3.8) is 0 Å². The number of rotatable bonds is 7. The van der Waals surface area contributed by atoms with Crippen LogP contribution >= 0.6 is 6.72 Å². The summed E-state index contributed by atoms with van der Waals surface area (Å²) >= 11 is 5.56. The molecule has 0 amide bonds. The summed E-state index contributed by atoms with van der Waals surface area (Å²) in [5.74, 6) is 1.35. The molecule has 0 unspecified atom stereocenters. The average molecular weight is 336 g/mol. The van der Waals surface area contributed by atoms with Gasteiger partial charge in [0.15, 0.2) is 0 Å². The van der Waals surface area contributed by atoms with Gasteiger partial charge in [-0.05, 0) is 55.7 Å². The van der Waals surface area contributed by atoms with Crippen molar-refractivity contribution in [3.8, 4) is 11.5 Å². The highest BCUT2D eigenvalue weighted by atomic mass is 32.5. The van der Waals surface area contributed by atoms with Crippen LogP contribution in [0.25, 0.3) is 0 Å². The Morgan fingerprint density at radius 1 is 0.909 bits per heavy atom. The lowest BCUT2D eigenvalue weighted by molar-refractivity contribution is 0.262. The molecule has 0 atom stereocenters. The molecule has 0 aliphatic carbocycles. The fourth-order valence-electron chi connectivity index (χ4n) is 1.88. The van der Waals surface area contributed by atoms with Gasteiger partial charge in [0.05, 0.1) is 6.61 Å². The van der Waals surface area contributed by atoms with Gasteiger partial charge in [-0.25, -0.2) is 0 Å². The van der Waals surface area contributed by atoms with Crippen LogP contribution in [0.15, 0.2) is 48.5 Å². The van der Waals surface area contributed by atoms with Crippen LogP contribution in [0.1, 0.15) is 24.5 Å². The summed E-state index contributed by atoms with van der Waals surface area (Å²) in [4.78, 5) is 0. The Morgan fingerprint density at radius 3 is 1.82 bits per heavy atom. The van der Waals surface area contributed by atoms with Gasteiger partial charge in [0.2, 0.25) is 0 Å². The molecule has 0 aromatic heterocycles. The molecule has 0 heterocycles. The third-order valence-corrected chi connectivity index (χ3v) is 5.00. The Bertz CT molecular complexity index is 621. The molecule has 0 spiro atoms. The maximum absolute atomic E-state index is 5.91. The molecular formula is C17H21O3PS. The van der Waals surface area contributed by atoms with E-state index in [4.69, 9.17) is 25.4 Å². The van der Waals surface area contributed by atoms with Crippen molar-refractivity contribution < 1.29 is 13.6 Å². The predicted octanol–water partition coefficient (Wildman–Crippen LogP) is 5.41.